The molecule has 0 saturated carbocycles. The summed E-state index contributed by atoms with van der Waals surface area (Å²) in [6.45, 7) is 0.598. The second kappa shape index (κ2) is 9.14. The minimum atomic E-state index is -0.845. The van der Waals surface area contributed by atoms with Crippen molar-refractivity contribution < 1.29 is 14.7 Å². The highest BCUT2D eigenvalue weighted by molar-refractivity contribution is 5.88. The van der Waals surface area contributed by atoms with E-state index in [9.17, 15) is 14.7 Å². The first-order chi connectivity index (χ1) is 16.5. The van der Waals surface area contributed by atoms with Crippen LogP contribution in [0.4, 0.5) is 0 Å². The van der Waals surface area contributed by atoms with Gasteiger partial charge < -0.3 is 14.6 Å². The number of carboxylic acids is 1. The van der Waals surface area contributed by atoms with Gasteiger partial charge in [-0.05, 0) is 41.7 Å². The lowest BCUT2D eigenvalue weighted by molar-refractivity contribution is -0.136. The van der Waals surface area contributed by atoms with E-state index in [1.165, 1.54) is 0 Å². The molecule has 2 aromatic carbocycles. The molecule has 1 N–H and O–H groups in total. The van der Waals surface area contributed by atoms with Crippen LogP contribution in [0.25, 0.3) is 11.0 Å². The van der Waals surface area contributed by atoms with Gasteiger partial charge in [-0.25, -0.2) is 4.98 Å². The number of nitrogens with zero attached hydrogens (tertiary/aromatic N) is 3. The Balaban J connectivity index is 1.48. The second-order valence-corrected chi connectivity index (χ2v) is 8.88. The Hall–Kier alpha value is -3.93. The number of carbonyl (C=O) groups excluding carboxylic acids is 1. The lowest BCUT2D eigenvalue weighted by Crippen LogP contribution is -2.44. The lowest BCUT2D eigenvalue weighted by Gasteiger charge is -2.35. The SMILES string of the molecule is CN(C(=O)C(c1ccccc1)c1ccccc1)C1CCc2c(CC(=O)O)c3cccnc3n2C1. The van der Waals surface area contributed by atoms with Gasteiger partial charge in [0.2, 0.25) is 5.91 Å². The zero-order valence-corrected chi connectivity index (χ0v) is 19.1. The molecule has 4 aromatic rings. The number of amides is 1. The van der Waals surface area contributed by atoms with E-state index < -0.39 is 5.97 Å². The van der Waals surface area contributed by atoms with Crippen molar-refractivity contribution in [3.63, 3.8) is 0 Å². The molecule has 0 aliphatic carbocycles. The highest BCUT2D eigenvalue weighted by atomic mass is 16.4. The molecule has 5 rings (SSSR count). The number of carboxylic acid groups (broad SMARTS) is 1. The number of aromatic nitrogens is 2. The van der Waals surface area contributed by atoms with Crippen LogP contribution in [0.1, 0.15) is 34.7 Å². The average Bonchev–Trinajstić information content (AvgIpc) is 3.17. The van der Waals surface area contributed by atoms with Crippen molar-refractivity contribution in [2.24, 2.45) is 0 Å². The van der Waals surface area contributed by atoms with Gasteiger partial charge in [0.05, 0.1) is 12.3 Å². The molecule has 34 heavy (non-hydrogen) atoms. The zero-order valence-electron chi connectivity index (χ0n) is 19.1. The van der Waals surface area contributed by atoms with E-state index in [0.717, 1.165) is 39.8 Å². The van der Waals surface area contributed by atoms with Gasteiger partial charge in [0.1, 0.15) is 5.65 Å². The Kier molecular flexibility index (Phi) is 5.88. The smallest absolute Gasteiger partial charge is 0.307 e. The molecule has 0 bridgehead atoms. The normalized spacial score (nSPS) is 15.3. The van der Waals surface area contributed by atoms with Crippen LogP contribution in [0.3, 0.4) is 0 Å². The molecular weight excluding hydrogens is 426 g/mol. The van der Waals surface area contributed by atoms with Gasteiger partial charge in [0.15, 0.2) is 0 Å². The van der Waals surface area contributed by atoms with E-state index >= 15 is 0 Å². The van der Waals surface area contributed by atoms with E-state index in [2.05, 4.69) is 9.55 Å². The fraction of sp³-hybridized carbons (Fsp3) is 0.250. The molecule has 1 unspecified atom stereocenters. The van der Waals surface area contributed by atoms with Crippen molar-refractivity contribution in [1.29, 1.82) is 0 Å². The number of fused-ring (bicyclic) bond motifs is 3. The van der Waals surface area contributed by atoms with Crippen molar-refractivity contribution in [1.82, 2.24) is 14.5 Å². The maximum absolute atomic E-state index is 13.9. The largest absolute Gasteiger partial charge is 0.481 e. The monoisotopic (exact) mass is 453 g/mol. The molecule has 2 aromatic heterocycles. The number of aliphatic carboxylic acids is 1. The van der Waals surface area contributed by atoms with Crippen LogP contribution in [0.15, 0.2) is 79.0 Å². The second-order valence-electron chi connectivity index (χ2n) is 8.88. The molecule has 1 atom stereocenters. The molecule has 0 spiro atoms. The molecule has 0 fully saturated rings. The average molecular weight is 454 g/mol. The Morgan fingerprint density at radius 2 is 1.68 bits per heavy atom. The highest BCUT2D eigenvalue weighted by Crippen LogP contribution is 2.33. The molecule has 6 nitrogen and oxygen atoms in total. The number of hydrogen-bond acceptors (Lipinski definition) is 3. The minimum absolute atomic E-state index is 0.00907. The summed E-state index contributed by atoms with van der Waals surface area (Å²) in [5.74, 6) is -1.17. The molecular formula is C28H27N3O3. The van der Waals surface area contributed by atoms with E-state index in [1.807, 2.05) is 84.7 Å². The van der Waals surface area contributed by atoms with Crippen molar-refractivity contribution >= 4 is 22.9 Å². The summed E-state index contributed by atoms with van der Waals surface area (Å²) in [5, 5.41) is 10.3. The topological polar surface area (TPSA) is 75.4 Å². The first kappa shape index (κ1) is 21.9. The van der Waals surface area contributed by atoms with Crippen LogP contribution in [-0.4, -0.2) is 44.5 Å². The molecule has 6 heteroatoms. The molecule has 1 aliphatic heterocycles. The minimum Gasteiger partial charge on any atom is -0.481 e. The fourth-order valence-corrected chi connectivity index (χ4v) is 5.20. The summed E-state index contributed by atoms with van der Waals surface area (Å²) in [7, 11) is 1.88. The van der Waals surface area contributed by atoms with E-state index in [4.69, 9.17) is 0 Å². The molecule has 3 heterocycles. The molecule has 0 radical (unpaired) electrons. The first-order valence-electron chi connectivity index (χ1n) is 11.6. The summed E-state index contributed by atoms with van der Waals surface area (Å²) in [6.07, 6.45) is 3.21. The maximum atomic E-state index is 13.9. The third-order valence-electron chi connectivity index (χ3n) is 6.89. The van der Waals surface area contributed by atoms with E-state index in [-0.39, 0.29) is 24.3 Å². The summed E-state index contributed by atoms with van der Waals surface area (Å²) < 4.78 is 2.12. The van der Waals surface area contributed by atoms with Crippen molar-refractivity contribution in [2.45, 2.75) is 37.8 Å². The molecule has 172 valence electrons. The number of likely N-dealkylation sites (N-methyl/N-ethyl adjacent to an activating group) is 1. The van der Waals surface area contributed by atoms with Gasteiger partial charge in [-0.15, -0.1) is 0 Å². The van der Waals surface area contributed by atoms with Gasteiger partial charge in [-0.2, -0.15) is 0 Å². The lowest BCUT2D eigenvalue weighted by atomic mass is 9.89. The number of pyridine rings is 1. The third kappa shape index (κ3) is 3.96. The van der Waals surface area contributed by atoms with Crippen LogP contribution >= 0.6 is 0 Å². The van der Waals surface area contributed by atoms with Crippen LogP contribution in [0.5, 0.6) is 0 Å². The van der Waals surface area contributed by atoms with Crippen LogP contribution in [0, 0.1) is 0 Å². The Bertz CT molecular complexity index is 1290. The van der Waals surface area contributed by atoms with Gasteiger partial charge in [-0.3, -0.25) is 9.59 Å². The summed E-state index contributed by atoms with van der Waals surface area (Å²) in [4.78, 5) is 31.8. The summed E-state index contributed by atoms with van der Waals surface area (Å²) in [6, 6.07) is 23.6. The first-order valence-corrected chi connectivity index (χ1v) is 11.6. The Morgan fingerprint density at radius 1 is 1.03 bits per heavy atom. The van der Waals surface area contributed by atoms with Gasteiger partial charge in [0.25, 0.3) is 0 Å². The predicted molar refractivity (Wildman–Crippen MR) is 131 cm³/mol. The van der Waals surface area contributed by atoms with Crippen molar-refractivity contribution in [3.05, 3.63) is 101 Å². The molecule has 1 aliphatic rings. The van der Waals surface area contributed by atoms with Crippen LogP contribution in [-0.2, 0) is 29.0 Å². The maximum Gasteiger partial charge on any atom is 0.307 e. The van der Waals surface area contributed by atoms with Crippen molar-refractivity contribution in [3.8, 4) is 0 Å². The number of hydrogen-bond donors (Lipinski definition) is 1. The van der Waals surface area contributed by atoms with Crippen LogP contribution in [0.2, 0.25) is 0 Å². The molecule has 0 saturated heterocycles. The van der Waals surface area contributed by atoms with E-state index in [0.29, 0.717) is 13.0 Å². The zero-order chi connectivity index (χ0) is 23.7. The molecule has 1 amide bonds. The Morgan fingerprint density at radius 3 is 2.29 bits per heavy atom. The van der Waals surface area contributed by atoms with Crippen molar-refractivity contribution in [2.75, 3.05) is 7.05 Å². The van der Waals surface area contributed by atoms with E-state index in [1.54, 1.807) is 6.20 Å². The highest BCUT2D eigenvalue weighted by Gasteiger charge is 2.33. The summed E-state index contributed by atoms with van der Waals surface area (Å²) >= 11 is 0. The standard InChI is InChI=1S/C28H27N3O3/c1-30(28(34)26(19-9-4-2-5-10-19)20-11-6-3-7-12-20)21-14-15-24-23(17-25(32)33)22-13-8-16-29-27(22)31(24)18-21/h2-13,16,21,26H,14-15,17-18H2,1H3,(H,32,33). The number of carbonyl (C=O) groups is 2. The van der Waals surface area contributed by atoms with Gasteiger partial charge in [-0.1, -0.05) is 60.7 Å². The fourth-order valence-electron chi connectivity index (χ4n) is 5.20. The number of rotatable bonds is 6. The van der Waals surface area contributed by atoms with Crippen LogP contribution < -0.4 is 0 Å². The number of benzene rings is 2. The summed E-state index contributed by atoms with van der Waals surface area (Å²) in [5.41, 5.74) is 4.60. The third-order valence-corrected chi connectivity index (χ3v) is 6.89. The van der Waals surface area contributed by atoms with Gasteiger partial charge >= 0.3 is 5.97 Å². The quantitative estimate of drug-likeness (QED) is 0.473. The Labute approximate surface area is 198 Å². The van der Waals surface area contributed by atoms with Gasteiger partial charge in [0, 0.05) is 36.9 Å². The predicted octanol–water partition coefficient (Wildman–Crippen LogP) is 4.27.